The number of alkyl halides is 6. The number of carbonyl (C=O) groups excluding carboxylic acids is 1. The van der Waals surface area contributed by atoms with Crippen molar-refractivity contribution in [1.29, 1.82) is 0 Å². The highest BCUT2D eigenvalue weighted by Crippen LogP contribution is 2.38. The van der Waals surface area contributed by atoms with Gasteiger partial charge in [-0.05, 0) is 35.9 Å². The Morgan fingerprint density at radius 3 is 1.91 bits per heavy atom. The minimum Gasteiger partial charge on any atom is -0.322 e. The van der Waals surface area contributed by atoms with Crippen molar-refractivity contribution in [2.75, 3.05) is 32.1 Å². The monoisotopic (exact) mass is 499 g/mol. The van der Waals surface area contributed by atoms with Gasteiger partial charge in [-0.2, -0.15) is 26.3 Å². The average molecular weight is 500 g/mol. The molecule has 1 N–H and O–H groups in total. The van der Waals surface area contributed by atoms with Crippen LogP contribution in [0.25, 0.3) is 0 Å². The van der Waals surface area contributed by atoms with Gasteiger partial charge in [0.2, 0.25) is 0 Å². The molecule has 0 spiro atoms. The van der Waals surface area contributed by atoms with Crippen molar-refractivity contribution >= 4 is 24.1 Å². The zero-order chi connectivity index (χ0) is 23.8. The van der Waals surface area contributed by atoms with Crippen LogP contribution in [0.5, 0.6) is 0 Å². The first-order chi connectivity index (χ1) is 14.8. The van der Waals surface area contributed by atoms with Gasteiger partial charge in [0.25, 0.3) is 0 Å². The first-order valence-electron chi connectivity index (χ1n) is 9.55. The van der Waals surface area contributed by atoms with Crippen molar-refractivity contribution in [2.45, 2.75) is 24.3 Å². The molecule has 1 aliphatic heterocycles. The van der Waals surface area contributed by atoms with Crippen LogP contribution in [0.4, 0.5) is 41.2 Å². The van der Waals surface area contributed by atoms with Gasteiger partial charge in [-0.3, -0.25) is 4.90 Å². The fourth-order valence-electron chi connectivity index (χ4n) is 3.74. The first kappa shape index (κ1) is 26.7. The largest absolute Gasteiger partial charge is 0.416 e. The molecule has 1 heterocycles. The lowest BCUT2D eigenvalue weighted by molar-refractivity contribution is -0.143. The summed E-state index contributed by atoms with van der Waals surface area (Å²) in [6.07, 6.45) is -10.0. The summed E-state index contributed by atoms with van der Waals surface area (Å²) in [5.41, 5.74) is -2.79. The molecule has 0 radical (unpaired) electrons. The predicted octanol–water partition coefficient (Wildman–Crippen LogP) is 5.53. The van der Waals surface area contributed by atoms with Crippen molar-refractivity contribution in [3.05, 3.63) is 65.0 Å². The van der Waals surface area contributed by atoms with Crippen molar-refractivity contribution in [3.63, 3.8) is 0 Å². The fraction of sp³-hybridized carbons (Fsp3) is 0.381. The molecular formula is C21H21ClF7N3O. The van der Waals surface area contributed by atoms with Crippen LogP contribution in [0.15, 0.2) is 42.5 Å². The van der Waals surface area contributed by atoms with E-state index in [-0.39, 0.29) is 24.4 Å². The Hall–Kier alpha value is -2.53. The van der Waals surface area contributed by atoms with E-state index in [2.05, 4.69) is 5.32 Å². The van der Waals surface area contributed by atoms with Gasteiger partial charge in [0.05, 0.1) is 17.2 Å². The molecule has 0 aromatic heterocycles. The van der Waals surface area contributed by atoms with E-state index in [1.165, 1.54) is 24.1 Å². The number of rotatable bonds is 3. The van der Waals surface area contributed by atoms with Gasteiger partial charge in [-0.25, -0.2) is 9.18 Å². The Bertz CT molecular complexity index is 947. The number of hydrogen-bond donors (Lipinski definition) is 1. The van der Waals surface area contributed by atoms with Crippen LogP contribution in [-0.2, 0) is 12.4 Å². The zero-order valence-electron chi connectivity index (χ0n) is 17.5. The third-order valence-corrected chi connectivity index (χ3v) is 5.53. The Morgan fingerprint density at radius 1 is 0.909 bits per heavy atom. The van der Waals surface area contributed by atoms with Crippen LogP contribution in [0.1, 0.15) is 22.6 Å². The molecule has 2 amide bonds. The average Bonchev–Trinajstić information content (AvgIpc) is 3.21. The molecule has 2 aromatic carbocycles. The summed E-state index contributed by atoms with van der Waals surface area (Å²) in [6.45, 7) is 0.827. The summed E-state index contributed by atoms with van der Waals surface area (Å²) >= 11 is 0. The number of nitrogens with zero attached hydrogens (tertiary/aromatic N) is 2. The van der Waals surface area contributed by atoms with Crippen molar-refractivity contribution in [2.24, 2.45) is 0 Å². The Kier molecular flexibility index (Phi) is 7.90. The molecule has 182 valence electrons. The van der Waals surface area contributed by atoms with Gasteiger partial charge in [0.1, 0.15) is 5.82 Å². The van der Waals surface area contributed by atoms with E-state index in [0.29, 0.717) is 25.2 Å². The summed E-state index contributed by atoms with van der Waals surface area (Å²) in [7, 11) is 2.54. The minimum absolute atomic E-state index is 0. The second-order valence-electron chi connectivity index (χ2n) is 7.60. The number of carbonyl (C=O) groups is 1. The van der Waals surface area contributed by atoms with E-state index < -0.39 is 47.1 Å². The third kappa shape index (κ3) is 5.89. The molecular weight excluding hydrogens is 479 g/mol. The maximum atomic E-state index is 13.2. The van der Waals surface area contributed by atoms with Gasteiger partial charge < -0.3 is 10.2 Å². The van der Waals surface area contributed by atoms with E-state index in [0.717, 1.165) is 17.5 Å². The number of anilines is 1. The Balaban J connectivity index is 0.00000385. The normalized spacial score (nSPS) is 18.6. The Labute approximate surface area is 191 Å². The fourth-order valence-corrected chi connectivity index (χ4v) is 3.74. The van der Waals surface area contributed by atoms with Crippen LogP contribution in [-0.4, -0.2) is 44.2 Å². The lowest BCUT2D eigenvalue weighted by atomic mass is 9.93. The maximum absolute atomic E-state index is 13.2. The van der Waals surface area contributed by atoms with E-state index in [1.807, 2.05) is 0 Å². The van der Waals surface area contributed by atoms with Crippen molar-refractivity contribution in [3.8, 4) is 0 Å². The SMILES string of the molecule is CN(C(=O)N(C)[C@H]1CNC[C@@H]1c1ccc(F)cc1)c1cc(C(F)(F)F)cc(C(F)(F)F)c1.Cl. The van der Waals surface area contributed by atoms with E-state index in [9.17, 15) is 35.5 Å². The number of nitrogens with one attached hydrogen (secondary N) is 1. The number of urea groups is 1. The lowest BCUT2D eigenvalue weighted by Crippen LogP contribution is -2.47. The molecule has 4 nitrogen and oxygen atoms in total. The van der Waals surface area contributed by atoms with Crippen LogP contribution >= 0.6 is 12.4 Å². The standard InChI is InChI=1S/C21H20F7N3O.ClH/c1-30(16-8-13(20(23,24)25)7-14(9-16)21(26,27)28)19(32)31(2)18-11-29-10-17(18)12-3-5-15(22)6-4-12;/h3-9,17-18,29H,10-11H2,1-2H3;1H/t17-,18+;/m1./s1. The number of hydrogen-bond acceptors (Lipinski definition) is 2. The number of amides is 2. The zero-order valence-corrected chi connectivity index (χ0v) is 18.3. The molecule has 33 heavy (non-hydrogen) atoms. The van der Waals surface area contributed by atoms with Crippen LogP contribution < -0.4 is 10.2 Å². The maximum Gasteiger partial charge on any atom is 0.416 e. The summed E-state index contributed by atoms with van der Waals surface area (Å²) in [5.74, 6) is -0.657. The molecule has 2 atom stereocenters. The second-order valence-corrected chi connectivity index (χ2v) is 7.60. The topological polar surface area (TPSA) is 35.6 Å². The van der Waals surface area contributed by atoms with Crippen molar-refractivity contribution < 1.29 is 35.5 Å². The summed E-state index contributed by atoms with van der Waals surface area (Å²) < 4.78 is 92.2. The molecule has 1 fully saturated rings. The number of likely N-dealkylation sites (N-methyl/N-ethyl adjacent to an activating group) is 1. The molecule has 0 unspecified atom stereocenters. The molecule has 12 heteroatoms. The molecule has 1 aliphatic rings. The minimum atomic E-state index is -5.02. The van der Waals surface area contributed by atoms with Gasteiger partial charge in [0, 0.05) is 38.8 Å². The van der Waals surface area contributed by atoms with E-state index >= 15 is 0 Å². The van der Waals surface area contributed by atoms with Crippen molar-refractivity contribution in [1.82, 2.24) is 10.2 Å². The highest BCUT2D eigenvalue weighted by Gasteiger charge is 2.39. The highest BCUT2D eigenvalue weighted by atomic mass is 35.5. The summed E-state index contributed by atoms with van der Waals surface area (Å²) in [6, 6.07) is 5.50. The summed E-state index contributed by atoms with van der Waals surface area (Å²) in [4.78, 5) is 15.0. The molecule has 2 aromatic rings. The molecule has 0 bridgehead atoms. The van der Waals surface area contributed by atoms with E-state index in [4.69, 9.17) is 0 Å². The highest BCUT2D eigenvalue weighted by molar-refractivity contribution is 5.92. The molecule has 3 rings (SSSR count). The van der Waals surface area contributed by atoms with E-state index in [1.54, 1.807) is 12.1 Å². The second kappa shape index (κ2) is 9.76. The number of benzene rings is 2. The van der Waals surface area contributed by atoms with Crippen LogP contribution in [0, 0.1) is 5.82 Å². The quantitative estimate of drug-likeness (QED) is 0.564. The third-order valence-electron chi connectivity index (χ3n) is 5.53. The van der Waals surface area contributed by atoms with Gasteiger partial charge >= 0.3 is 18.4 Å². The number of halogens is 8. The van der Waals surface area contributed by atoms with Gasteiger partial charge in [-0.1, -0.05) is 12.1 Å². The van der Waals surface area contributed by atoms with Gasteiger partial charge in [0.15, 0.2) is 0 Å². The summed E-state index contributed by atoms with van der Waals surface area (Å²) in [5, 5.41) is 3.10. The van der Waals surface area contributed by atoms with Crippen LogP contribution in [0.3, 0.4) is 0 Å². The molecule has 0 saturated carbocycles. The first-order valence-corrected chi connectivity index (χ1v) is 9.55. The predicted molar refractivity (Wildman–Crippen MR) is 111 cm³/mol. The molecule has 1 saturated heterocycles. The smallest absolute Gasteiger partial charge is 0.322 e. The van der Waals surface area contributed by atoms with Crippen LogP contribution in [0.2, 0.25) is 0 Å². The Morgan fingerprint density at radius 2 is 1.42 bits per heavy atom. The molecule has 0 aliphatic carbocycles. The van der Waals surface area contributed by atoms with Gasteiger partial charge in [-0.15, -0.1) is 12.4 Å². The lowest BCUT2D eigenvalue weighted by Gasteiger charge is -2.33.